The van der Waals surface area contributed by atoms with Gasteiger partial charge in [-0.25, -0.2) is 9.97 Å². The number of hydrogen-bond acceptors (Lipinski definition) is 7. The Hall–Kier alpha value is -2.32. The van der Waals surface area contributed by atoms with Gasteiger partial charge in [-0.05, 0) is 46.2 Å². The molecule has 1 atom stereocenters. The molecule has 4 rings (SSSR count). The number of anilines is 2. The summed E-state index contributed by atoms with van der Waals surface area (Å²) in [6.07, 6.45) is 4.83. The highest BCUT2D eigenvalue weighted by molar-refractivity contribution is 6.62. The lowest BCUT2D eigenvalue weighted by atomic mass is 9.80. The summed E-state index contributed by atoms with van der Waals surface area (Å²) in [6.45, 7) is 13.3. The molecule has 7 nitrogen and oxygen atoms in total. The Kier molecular flexibility index (Phi) is 5.88. The van der Waals surface area contributed by atoms with Crippen molar-refractivity contribution in [3.05, 3.63) is 36.7 Å². The van der Waals surface area contributed by atoms with E-state index in [0.29, 0.717) is 11.9 Å². The number of hydrogen-bond donors (Lipinski definition) is 0. The highest BCUT2D eigenvalue weighted by atomic mass is 16.7. The first-order valence-electron chi connectivity index (χ1n) is 11.1. The van der Waals surface area contributed by atoms with Gasteiger partial charge in [0.1, 0.15) is 5.82 Å². The second-order valence-corrected chi connectivity index (χ2v) is 9.30. The van der Waals surface area contributed by atoms with E-state index >= 15 is 0 Å². The van der Waals surface area contributed by atoms with E-state index in [1.165, 1.54) is 0 Å². The molecular formula is C23H33BN4O3. The number of piperazine rings is 1. The van der Waals surface area contributed by atoms with E-state index in [4.69, 9.17) is 19.0 Å². The SMILES string of the molecule is CCC1CN(c2ccc(B3OC(C)(C)C(C)(C)O3)cn2)CCN1c1ccc(OC)nc1. The van der Waals surface area contributed by atoms with Crippen LogP contribution in [-0.4, -0.2) is 61.1 Å². The number of nitrogens with zero attached hydrogens (tertiary/aromatic N) is 4. The highest BCUT2D eigenvalue weighted by Gasteiger charge is 2.51. The van der Waals surface area contributed by atoms with E-state index in [2.05, 4.69) is 67.6 Å². The van der Waals surface area contributed by atoms with Crippen LogP contribution in [0.25, 0.3) is 0 Å². The lowest BCUT2D eigenvalue weighted by molar-refractivity contribution is 0.00578. The third-order valence-corrected chi connectivity index (χ3v) is 6.84. The molecule has 2 aliphatic rings. The van der Waals surface area contributed by atoms with Crippen LogP contribution < -0.4 is 20.0 Å². The summed E-state index contributed by atoms with van der Waals surface area (Å²) < 4.78 is 17.5. The molecule has 166 valence electrons. The minimum absolute atomic E-state index is 0.350. The number of ether oxygens (including phenoxy) is 1. The fourth-order valence-corrected chi connectivity index (χ4v) is 4.12. The normalized spacial score (nSPS) is 22.6. The van der Waals surface area contributed by atoms with Gasteiger partial charge in [-0.15, -0.1) is 0 Å². The third kappa shape index (κ3) is 4.23. The fourth-order valence-electron chi connectivity index (χ4n) is 4.12. The van der Waals surface area contributed by atoms with E-state index < -0.39 is 0 Å². The van der Waals surface area contributed by atoms with Crippen LogP contribution >= 0.6 is 0 Å². The van der Waals surface area contributed by atoms with Crippen molar-refractivity contribution in [3.8, 4) is 5.88 Å². The molecule has 2 aromatic rings. The van der Waals surface area contributed by atoms with Crippen molar-refractivity contribution in [2.45, 2.75) is 58.3 Å². The van der Waals surface area contributed by atoms with Crippen molar-refractivity contribution in [2.75, 3.05) is 36.5 Å². The summed E-state index contributed by atoms with van der Waals surface area (Å²) in [4.78, 5) is 13.9. The molecule has 2 aliphatic heterocycles. The molecule has 0 bridgehead atoms. The molecule has 1 unspecified atom stereocenters. The topological polar surface area (TPSA) is 60.0 Å². The molecule has 2 fully saturated rings. The summed E-state index contributed by atoms with van der Waals surface area (Å²) in [5, 5.41) is 0. The van der Waals surface area contributed by atoms with E-state index in [1.807, 2.05) is 18.5 Å². The Morgan fingerprint density at radius 2 is 1.77 bits per heavy atom. The van der Waals surface area contributed by atoms with Gasteiger partial charge in [-0.3, -0.25) is 0 Å². The molecular weight excluding hydrogens is 391 g/mol. The first kappa shape index (κ1) is 21.9. The summed E-state index contributed by atoms with van der Waals surface area (Å²) in [7, 11) is 1.26. The van der Waals surface area contributed by atoms with Gasteiger partial charge in [0.25, 0.3) is 0 Å². The molecule has 4 heterocycles. The molecule has 0 spiro atoms. The lowest BCUT2D eigenvalue weighted by Crippen LogP contribution is -2.53. The standard InChI is InChI=1S/C23H33BN4O3/c1-7-18-16-27(12-13-28(18)19-9-11-21(29-6)26-15-19)20-10-8-17(14-25-20)24-30-22(2,3)23(4,5)31-24/h8-11,14-15,18H,7,12-13,16H2,1-6H3. The average Bonchev–Trinajstić information content (AvgIpc) is 3.00. The monoisotopic (exact) mass is 424 g/mol. The van der Waals surface area contributed by atoms with Gasteiger partial charge in [-0.1, -0.05) is 13.0 Å². The zero-order valence-corrected chi connectivity index (χ0v) is 19.5. The maximum atomic E-state index is 6.15. The zero-order chi connectivity index (χ0) is 22.2. The van der Waals surface area contributed by atoms with Crippen molar-refractivity contribution in [1.29, 1.82) is 0 Å². The zero-order valence-electron chi connectivity index (χ0n) is 19.5. The molecule has 2 aromatic heterocycles. The smallest absolute Gasteiger partial charge is 0.481 e. The van der Waals surface area contributed by atoms with Gasteiger partial charge in [0.15, 0.2) is 0 Å². The van der Waals surface area contributed by atoms with E-state index in [0.717, 1.165) is 43.0 Å². The highest BCUT2D eigenvalue weighted by Crippen LogP contribution is 2.36. The van der Waals surface area contributed by atoms with Crippen LogP contribution in [0, 0.1) is 0 Å². The molecule has 0 N–H and O–H groups in total. The van der Waals surface area contributed by atoms with Crippen LogP contribution in [-0.2, 0) is 9.31 Å². The summed E-state index contributed by atoms with van der Waals surface area (Å²) in [5.41, 5.74) is 1.39. The molecule has 0 radical (unpaired) electrons. The van der Waals surface area contributed by atoms with Crippen LogP contribution in [0.3, 0.4) is 0 Å². The van der Waals surface area contributed by atoms with Crippen molar-refractivity contribution >= 4 is 24.1 Å². The molecule has 8 heteroatoms. The Labute approximate surface area is 185 Å². The molecule has 0 amide bonds. The van der Waals surface area contributed by atoms with Crippen LogP contribution in [0.4, 0.5) is 11.5 Å². The second kappa shape index (κ2) is 8.32. The predicted molar refractivity (Wildman–Crippen MR) is 124 cm³/mol. The van der Waals surface area contributed by atoms with Crippen molar-refractivity contribution < 1.29 is 14.0 Å². The Balaban J connectivity index is 1.44. The van der Waals surface area contributed by atoms with Gasteiger partial charge in [0.2, 0.25) is 5.88 Å². The minimum Gasteiger partial charge on any atom is -0.481 e. The van der Waals surface area contributed by atoms with E-state index in [1.54, 1.807) is 7.11 Å². The lowest BCUT2D eigenvalue weighted by Gasteiger charge is -2.43. The van der Waals surface area contributed by atoms with Gasteiger partial charge in [0.05, 0.1) is 30.2 Å². The maximum absolute atomic E-state index is 6.15. The van der Waals surface area contributed by atoms with Crippen LogP contribution in [0.1, 0.15) is 41.0 Å². The number of rotatable bonds is 5. The largest absolute Gasteiger partial charge is 0.496 e. The Bertz CT molecular complexity index is 873. The van der Waals surface area contributed by atoms with E-state index in [9.17, 15) is 0 Å². The van der Waals surface area contributed by atoms with Gasteiger partial charge in [0, 0.05) is 43.4 Å². The predicted octanol–water partition coefficient (Wildman–Crippen LogP) is 2.89. The van der Waals surface area contributed by atoms with Gasteiger partial charge in [-0.2, -0.15) is 0 Å². The summed E-state index contributed by atoms with van der Waals surface area (Å²) in [6, 6.07) is 8.56. The van der Waals surface area contributed by atoms with Crippen molar-refractivity contribution in [2.24, 2.45) is 0 Å². The number of methoxy groups -OCH3 is 1. The number of aromatic nitrogens is 2. The average molecular weight is 424 g/mol. The second-order valence-electron chi connectivity index (χ2n) is 9.30. The third-order valence-electron chi connectivity index (χ3n) is 6.84. The summed E-state index contributed by atoms with van der Waals surface area (Å²) >= 11 is 0. The van der Waals surface area contributed by atoms with Crippen molar-refractivity contribution in [1.82, 2.24) is 9.97 Å². The Morgan fingerprint density at radius 3 is 2.32 bits per heavy atom. The van der Waals surface area contributed by atoms with Gasteiger partial charge < -0.3 is 23.8 Å². The maximum Gasteiger partial charge on any atom is 0.496 e. The van der Waals surface area contributed by atoms with Crippen LogP contribution in [0.15, 0.2) is 36.7 Å². The first-order chi connectivity index (χ1) is 14.7. The molecule has 31 heavy (non-hydrogen) atoms. The molecule has 0 saturated carbocycles. The Morgan fingerprint density at radius 1 is 1.03 bits per heavy atom. The number of pyridine rings is 2. The van der Waals surface area contributed by atoms with E-state index in [-0.39, 0.29) is 18.3 Å². The molecule has 0 aliphatic carbocycles. The fraction of sp³-hybridized carbons (Fsp3) is 0.565. The van der Waals surface area contributed by atoms with Crippen LogP contribution in [0.5, 0.6) is 5.88 Å². The molecule has 2 saturated heterocycles. The minimum atomic E-state index is -0.380. The first-order valence-corrected chi connectivity index (χ1v) is 11.1. The quantitative estimate of drug-likeness (QED) is 0.684. The molecule has 0 aromatic carbocycles. The van der Waals surface area contributed by atoms with Gasteiger partial charge >= 0.3 is 7.12 Å². The summed E-state index contributed by atoms with van der Waals surface area (Å²) in [5.74, 6) is 1.63. The van der Waals surface area contributed by atoms with Crippen molar-refractivity contribution in [3.63, 3.8) is 0 Å². The van der Waals surface area contributed by atoms with Crippen LogP contribution in [0.2, 0.25) is 0 Å².